The van der Waals surface area contributed by atoms with Crippen LogP contribution in [0.1, 0.15) is 53.3 Å². The van der Waals surface area contributed by atoms with Crippen molar-refractivity contribution in [3.05, 3.63) is 59.7 Å². The van der Waals surface area contributed by atoms with Crippen molar-refractivity contribution in [2.24, 2.45) is 0 Å². The van der Waals surface area contributed by atoms with Crippen molar-refractivity contribution >= 4 is 21.8 Å². The first kappa shape index (κ1) is 23.7. The monoisotopic (exact) mass is 459 g/mol. The fourth-order valence-corrected chi connectivity index (χ4v) is 5.45. The van der Waals surface area contributed by atoms with Crippen LogP contribution in [0.3, 0.4) is 0 Å². The van der Waals surface area contributed by atoms with Crippen LogP contribution in [-0.4, -0.2) is 55.3 Å². The second kappa shape index (κ2) is 10.6. The summed E-state index contributed by atoms with van der Waals surface area (Å²) in [6, 6.07) is 12.1. The van der Waals surface area contributed by atoms with Gasteiger partial charge in [0.05, 0.1) is 4.90 Å². The molecule has 1 atom stereocenters. The summed E-state index contributed by atoms with van der Waals surface area (Å²) in [7, 11) is -3.65. The molecule has 0 bridgehead atoms. The van der Waals surface area contributed by atoms with Gasteiger partial charge in [0, 0.05) is 36.8 Å². The molecular formula is C23H29N3O5S. The smallest absolute Gasteiger partial charge is 0.251 e. The largest absolute Gasteiger partial charge is 0.508 e. The van der Waals surface area contributed by atoms with E-state index in [1.807, 2.05) is 6.92 Å². The average Bonchev–Trinajstić information content (AvgIpc) is 2.79. The van der Waals surface area contributed by atoms with Crippen molar-refractivity contribution in [2.45, 2.75) is 43.5 Å². The van der Waals surface area contributed by atoms with Gasteiger partial charge >= 0.3 is 0 Å². The molecule has 2 aromatic carbocycles. The van der Waals surface area contributed by atoms with E-state index in [1.54, 1.807) is 24.3 Å². The molecule has 0 aliphatic carbocycles. The molecule has 1 heterocycles. The number of aromatic hydroxyl groups is 1. The van der Waals surface area contributed by atoms with Crippen LogP contribution in [0.5, 0.6) is 5.75 Å². The van der Waals surface area contributed by atoms with Gasteiger partial charge < -0.3 is 15.7 Å². The number of carbonyl (C=O) groups is 2. The van der Waals surface area contributed by atoms with Gasteiger partial charge in [0.25, 0.3) is 11.8 Å². The van der Waals surface area contributed by atoms with E-state index in [-0.39, 0.29) is 34.1 Å². The lowest BCUT2D eigenvalue weighted by Gasteiger charge is -2.32. The number of phenolic OH excluding ortho intramolecular Hbond substituents is 1. The maximum atomic E-state index is 13.0. The third-order valence-electron chi connectivity index (χ3n) is 5.48. The highest BCUT2D eigenvalue weighted by molar-refractivity contribution is 7.89. The molecule has 2 amide bonds. The number of rotatable bonds is 8. The van der Waals surface area contributed by atoms with Gasteiger partial charge in [-0.15, -0.1) is 0 Å². The van der Waals surface area contributed by atoms with E-state index in [2.05, 4.69) is 10.6 Å². The highest BCUT2D eigenvalue weighted by Crippen LogP contribution is 2.25. The third-order valence-corrected chi connectivity index (χ3v) is 7.49. The molecule has 3 N–H and O–H groups in total. The molecule has 9 heteroatoms. The maximum absolute atomic E-state index is 13.0. The number of nitrogens with one attached hydrogen (secondary N) is 2. The zero-order valence-corrected chi connectivity index (χ0v) is 18.9. The average molecular weight is 460 g/mol. The first-order valence-corrected chi connectivity index (χ1v) is 12.2. The van der Waals surface area contributed by atoms with Crippen LogP contribution in [0.15, 0.2) is 53.4 Å². The Bertz CT molecular complexity index is 1070. The normalized spacial score (nSPS) is 17.0. The van der Waals surface area contributed by atoms with E-state index < -0.39 is 10.0 Å². The Morgan fingerprint density at radius 3 is 2.25 bits per heavy atom. The summed E-state index contributed by atoms with van der Waals surface area (Å²) in [5.74, 6) is -0.658. The fourth-order valence-electron chi connectivity index (χ4n) is 3.71. The SMILES string of the molecule is CC1CCCCN1S(=O)(=O)c1cccc(C(=O)NCCCNC(=O)c2cccc(O)c2)c1. The molecule has 32 heavy (non-hydrogen) atoms. The van der Waals surface area contributed by atoms with Crippen LogP contribution in [0, 0.1) is 0 Å². The first-order valence-electron chi connectivity index (χ1n) is 10.8. The van der Waals surface area contributed by atoms with Gasteiger partial charge in [0.1, 0.15) is 5.75 Å². The number of sulfonamides is 1. The number of hydrogen-bond donors (Lipinski definition) is 3. The topological polar surface area (TPSA) is 116 Å². The number of amides is 2. The first-order chi connectivity index (χ1) is 15.3. The second-order valence-electron chi connectivity index (χ2n) is 7.90. The van der Waals surface area contributed by atoms with Crippen molar-refractivity contribution in [1.82, 2.24) is 14.9 Å². The van der Waals surface area contributed by atoms with Crippen LogP contribution in [-0.2, 0) is 10.0 Å². The summed E-state index contributed by atoms with van der Waals surface area (Å²) < 4.78 is 27.5. The number of nitrogens with zero attached hydrogens (tertiary/aromatic N) is 1. The highest BCUT2D eigenvalue weighted by atomic mass is 32.2. The Balaban J connectivity index is 1.51. The summed E-state index contributed by atoms with van der Waals surface area (Å²) in [6.45, 7) is 3.07. The van der Waals surface area contributed by atoms with E-state index in [0.29, 0.717) is 31.6 Å². The molecule has 0 radical (unpaired) electrons. The van der Waals surface area contributed by atoms with Crippen LogP contribution >= 0.6 is 0 Å². The quantitative estimate of drug-likeness (QED) is 0.525. The van der Waals surface area contributed by atoms with Gasteiger partial charge in [0.15, 0.2) is 0 Å². The molecule has 0 aromatic heterocycles. The Morgan fingerprint density at radius 2 is 1.62 bits per heavy atom. The molecule has 2 aromatic rings. The van der Waals surface area contributed by atoms with Gasteiger partial charge in [-0.3, -0.25) is 9.59 Å². The van der Waals surface area contributed by atoms with Crippen LogP contribution in [0.25, 0.3) is 0 Å². The van der Waals surface area contributed by atoms with E-state index in [4.69, 9.17) is 0 Å². The van der Waals surface area contributed by atoms with Gasteiger partial charge in [0.2, 0.25) is 10.0 Å². The Labute approximate surface area is 188 Å². The summed E-state index contributed by atoms with van der Waals surface area (Å²) in [5.41, 5.74) is 0.634. The molecule has 1 saturated heterocycles. The molecule has 1 unspecified atom stereocenters. The van der Waals surface area contributed by atoms with Gasteiger partial charge in [-0.05, 0) is 62.6 Å². The minimum absolute atomic E-state index is 0.0175. The van der Waals surface area contributed by atoms with E-state index in [0.717, 1.165) is 19.3 Å². The molecule has 3 rings (SSSR count). The summed E-state index contributed by atoms with van der Waals surface area (Å²) in [4.78, 5) is 24.6. The van der Waals surface area contributed by atoms with E-state index in [9.17, 15) is 23.1 Å². The molecule has 8 nitrogen and oxygen atoms in total. The molecule has 1 fully saturated rings. The van der Waals surface area contributed by atoms with E-state index >= 15 is 0 Å². The zero-order chi connectivity index (χ0) is 23.1. The molecule has 1 aliphatic rings. The standard InChI is InChI=1S/C23H29N3O5S/c1-17-7-2-3-14-26(17)32(30,31)21-11-5-9-19(16-21)23(29)25-13-6-12-24-22(28)18-8-4-10-20(27)15-18/h4-5,8-11,15-17,27H,2-3,6-7,12-14H2,1H3,(H,24,28)(H,25,29). The summed E-state index contributed by atoms with van der Waals surface area (Å²) in [5, 5.41) is 14.9. The van der Waals surface area contributed by atoms with Gasteiger partial charge in [-0.1, -0.05) is 18.6 Å². The van der Waals surface area contributed by atoms with Crippen molar-refractivity contribution in [3.8, 4) is 5.75 Å². The van der Waals surface area contributed by atoms with Crippen molar-refractivity contribution in [3.63, 3.8) is 0 Å². The summed E-state index contributed by atoms with van der Waals surface area (Å²) in [6.07, 6.45) is 3.19. The molecular weight excluding hydrogens is 430 g/mol. The predicted molar refractivity (Wildman–Crippen MR) is 121 cm³/mol. The second-order valence-corrected chi connectivity index (χ2v) is 9.79. The van der Waals surface area contributed by atoms with Gasteiger partial charge in [-0.25, -0.2) is 8.42 Å². The minimum atomic E-state index is -3.65. The third kappa shape index (κ3) is 5.86. The predicted octanol–water partition coefficient (Wildman–Crippen LogP) is 2.51. The number of benzene rings is 2. The number of piperidine rings is 1. The van der Waals surface area contributed by atoms with Crippen LogP contribution in [0.4, 0.5) is 0 Å². The Kier molecular flexibility index (Phi) is 7.87. The maximum Gasteiger partial charge on any atom is 0.251 e. The lowest BCUT2D eigenvalue weighted by Crippen LogP contribution is -2.42. The van der Waals surface area contributed by atoms with Gasteiger partial charge in [-0.2, -0.15) is 4.31 Å². The molecule has 1 aliphatic heterocycles. The number of phenols is 1. The summed E-state index contributed by atoms with van der Waals surface area (Å²) >= 11 is 0. The number of carbonyl (C=O) groups excluding carboxylic acids is 2. The lowest BCUT2D eigenvalue weighted by molar-refractivity contribution is 0.0951. The van der Waals surface area contributed by atoms with Crippen molar-refractivity contribution < 1.29 is 23.1 Å². The molecule has 0 spiro atoms. The van der Waals surface area contributed by atoms with Crippen molar-refractivity contribution in [1.29, 1.82) is 0 Å². The van der Waals surface area contributed by atoms with E-state index in [1.165, 1.54) is 28.6 Å². The fraction of sp³-hybridized carbons (Fsp3) is 0.391. The molecule has 172 valence electrons. The lowest BCUT2D eigenvalue weighted by atomic mass is 10.1. The zero-order valence-electron chi connectivity index (χ0n) is 18.1. The number of hydrogen-bond acceptors (Lipinski definition) is 5. The minimum Gasteiger partial charge on any atom is -0.508 e. The Morgan fingerprint density at radius 1 is 1.00 bits per heavy atom. The van der Waals surface area contributed by atoms with Crippen molar-refractivity contribution in [2.75, 3.05) is 19.6 Å². The highest BCUT2D eigenvalue weighted by Gasteiger charge is 2.31. The van der Waals surface area contributed by atoms with Crippen LogP contribution < -0.4 is 10.6 Å². The molecule has 0 saturated carbocycles. The van der Waals surface area contributed by atoms with Crippen LogP contribution in [0.2, 0.25) is 0 Å². The Hall–Kier alpha value is -2.91.